The summed E-state index contributed by atoms with van der Waals surface area (Å²) in [7, 11) is 0. The molecular formula is C15H15ClN2O2. The van der Waals surface area contributed by atoms with Crippen molar-refractivity contribution in [2.24, 2.45) is 0 Å². The van der Waals surface area contributed by atoms with Gasteiger partial charge in [-0.05, 0) is 36.2 Å². The molecule has 5 heteroatoms. The number of halogens is 1. The lowest BCUT2D eigenvalue weighted by atomic mass is 10.0. The molecule has 0 aliphatic heterocycles. The van der Waals surface area contributed by atoms with Gasteiger partial charge in [-0.25, -0.2) is 9.78 Å². The quantitative estimate of drug-likeness (QED) is 0.881. The molecule has 2 N–H and O–H groups in total. The van der Waals surface area contributed by atoms with E-state index in [1.54, 1.807) is 24.3 Å². The largest absolute Gasteiger partial charge is 0.478 e. The van der Waals surface area contributed by atoms with Gasteiger partial charge in [-0.15, -0.1) is 0 Å². The summed E-state index contributed by atoms with van der Waals surface area (Å²) in [4.78, 5) is 15.5. The summed E-state index contributed by atoms with van der Waals surface area (Å²) in [5.74, 6) is -0.335. The summed E-state index contributed by atoms with van der Waals surface area (Å²) in [5.41, 5.74) is 1.60. The summed E-state index contributed by atoms with van der Waals surface area (Å²) in [6.07, 6.45) is 0. The third-order valence-electron chi connectivity index (χ3n) is 2.80. The van der Waals surface area contributed by atoms with E-state index in [1.165, 1.54) is 0 Å². The van der Waals surface area contributed by atoms with E-state index in [4.69, 9.17) is 16.7 Å². The predicted molar refractivity (Wildman–Crippen MR) is 80.0 cm³/mol. The highest BCUT2D eigenvalue weighted by Crippen LogP contribution is 2.23. The molecule has 4 nitrogen and oxygen atoms in total. The van der Waals surface area contributed by atoms with Crippen LogP contribution in [-0.4, -0.2) is 16.1 Å². The van der Waals surface area contributed by atoms with Gasteiger partial charge in [0, 0.05) is 10.7 Å². The van der Waals surface area contributed by atoms with E-state index in [0.717, 1.165) is 5.69 Å². The maximum absolute atomic E-state index is 11.2. The van der Waals surface area contributed by atoms with Crippen LogP contribution < -0.4 is 5.32 Å². The molecule has 0 saturated carbocycles. The summed E-state index contributed by atoms with van der Waals surface area (Å²) >= 11 is 5.92. The number of aromatic nitrogens is 1. The van der Waals surface area contributed by atoms with Crippen LogP contribution in [0.25, 0.3) is 0 Å². The Labute approximate surface area is 122 Å². The van der Waals surface area contributed by atoms with Crippen molar-refractivity contribution in [3.63, 3.8) is 0 Å². The van der Waals surface area contributed by atoms with E-state index in [9.17, 15) is 4.79 Å². The van der Waals surface area contributed by atoms with Crippen LogP contribution in [0.5, 0.6) is 0 Å². The van der Waals surface area contributed by atoms with Gasteiger partial charge in [0.1, 0.15) is 5.82 Å². The van der Waals surface area contributed by atoms with Crippen molar-refractivity contribution in [3.05, 3.63) is 52.7 Å². The van der Waals surface area contributed by atoms with Crippen LogP contribution in [0.1, 0.15) is 35.8 Å². The molecule has 0 saturated heterocycles. The Hall–Kier alpha value is -2.07. The molecule has 0 aliphatic rings. The fourth-order valence-electron chi connectivity index (χ4n) is 1.88. The number of anilines is 2. The monoisotopic (exact) mass is 290 g/mol. The van der Waals surface area contributed by atoms with Crippen LogP contribution in [0.4, 0.5) is 11.5 Å². The van der Waals surface area contributed by atoms with Crippen molar-refractivity contribution >= 4 is 29.1 Å². The van der Waals surface area contributed by atoms with Gasteiger partial charge in [-0.3, -0.25) is 0 Å². The highest BCUT2D eigenvalue weighted by atomic mass is 35.5. The topological polar surface area (TPSA) is 62.2 Å². The molecule has 0 aliphatic carbocycles. The van der Waals surface area contributed by atoms with Gasteiger partial charge in [0.25, 0.3) is 0 Å². The van der Waals surface area contributed by atoms with E-state index in [2.05, 4.69) is 10.3 Å². The highest BCUT2D eigenvalue weighted by molar-refractivity contribution is 6.30. The molecule has 0 unspecified atom stereocenters. The van der Waals surface area contributed by atoms with Gasteiger partial charge in [0.2, 0.25) is 0 Å². The van der Waals surface area contributed by atoms with Crippen LogP contribution in [-0.2, 0) is 0 Å². The second-order valence-corrected chi connectivity index (χ2v) is 5.16. The molecule has 1 aromatic carbocycles. The van der Waals surface area contributed by atoms with Crippen molar-refractivity contribution in [1.29, 1.82) is 0 Å². The van der Waals surface area contributed by atoms with Gasteiger partial charge in [0.15, 0.2) is 0 Å². The minimum Gasteiger partial charge on any atom is -0.478 e. The minimum absolute atomic E-state index is 0.0298. The second kappa shape index (κ2) is 5.92. The first-order valence-corrected chi connectivity index (χ1v) is 6.62. The number of nitrogens with zero attached hydrogens (tertiary/aromatic N) is 1. The van der Waals surface area contributed by atoms with Gasteiger partial charge >= 0.3 is 5.97 Å². The fourth-order valence-corrected chi connectivity index (χ4v) is 2.07. The summed E-state index contributed by atoms with van der Waals surface area (Å²) in [5, 5.41) is 12.9. The molecule has 0 radical (unpaired) electrons. The van der Waals surface area contributed by atoms with E-state index in [0.29, 0.717) is 16.5 Å². The highest BCUT2D eigenvalue weighted by Gasteiger charge is 2.15. The maximum atomic E-state index is 11.2. The number of aromatic carboxylic acids is 1. The zero-order chi connectivity index (χ0) is 14.7. The van der Waals surface area contributed by atoms with E-state index in [-0.39, 0.29) is 11.5 Å². The molecule has 1 heterocycles. The van der Waals surface area contributed by atoms with Crippen molar-refractivity contribution < 1.29 is 9.90 Å². The van der Waals surface area contributed by atoms with Crippen molar-refractivity contribution in [1.82, 2.24) is 4.98 Å². The first-order valence-electron chi connectivity index (χ1n) is 6.24. The maximum Gasteiger partial charge on any atom is 0.337 e. The number of carboxylic acids is 1. The first kappa shape index (κ1) is 14.3. The standard InChI is InChI=1S/C15H15ClN2O2/c1-9(2)14-12(15(19)20)6-7-13(18-14)17-11-5-3-4-10(16)8-11/h3-9H,1-2H3,(H,17,18)(H,19,20). The van der Waals surface area contributed by atoms with E-state index in [1.807, 2.05) is 26.0 Å². The third-order valence-corrected chi connectivity index (χ3v) is 3.03. The lowest BCUT2D eigenvalue weighted by Gasteiger charge is -2.12. The average Bonchev–Trinajstić information content (AvgIpc) is 2.38. The minimum atomic E-state index is -0.962. The Morgan fingerprint density at radius 2 is 2.05 bits per heavy atom. The molecule has 0 spiro atoms. The van der Waals surface area contributed by atoms with Crippen LogP contribution in [0.2, 0.25) is 5.02 Å². The number of hydrogen-bond acceptors (Lipinski definition) is 3. The zero-order valence-corrected chi connectivity index (χ0v) is 12.0. The van der Waals surface area contributed by atoms with Gasteiger partial charge in [0.05, 0.1) is 11.3 Å². The average molecular weight is 291 g/mol. The van der Waals surface area contributed by atoms with Crippen molar-refractivity contribution in [2.45, 2.75) is 19.8 Å². The van der Waals surface area contributed by atoms with Crippen LogP contribution in [0.15, 0.2) is 36.4 Å². The Morgan fingerprint density at radius 1 is 1.30 bits per heavy atom. The van der Waals surface area contributed by atoms with Crippen LogP contribution >= 0.6 is 11.6 Å². The first-order chi connectivity index (χ1) is 9.47. The lowest BCUT2D eigenvalue weighted by Crippen LogP contribution is -2.08. The van der Waals surface area contributed by atoms with E-state index < -0.39 is 5.97 Å². The zero-order valence-electron chi connectivity index (χ0n) is 11.2. The van der Waals surface area contributed by atoms with Crippen LogP contribution in [0, 0.1) is 0 Å². The van der Waals surface area contributed by atoms with Crippen LogP contribution in [0.3, 0.4) is 0 Å². The molecule has 104 valence electrons. The molecule has 2 rings (SSSR count). The molecule has 1 aromatic heterocycles. The number of benzene rings is 1. The van der Waals surface area contributed by atoms with Crippen molar-refractivity contribution in [2.75, 3.05) is 5.32 Å². The SMILES string of the molecule is CC(C)c1nc(Nc2cccc(Cl)c2)ccc1C(=O)O. The normalized spacial score (nSPS) is 10.6. The number of rotatable bonds is 4. The second-order valence-electron chi connectivity index (χ2n) is 4.72. The Morgan fingerprint density at radius 3 is 2.65 bits per heavy atom. The molecular weight excluding hydrogens is 276 g/mol. The molecule has 0 atom stereocenters. The third kappa shape index (κ3) is 3.27. The Kier molecular flexibility index (Phi) is 4.25. The molecule has 20 heavy (non-hydrogen) atoms. The number of carbonyl (C=O) groups is 1. The van der Waals surface area contributed by atoms with Gasteiger partial charge < -0.3 is 10.4 Å². The van der Waals surface area contributed by atoms with Gasteiger partial charge in [-0.2, -0.15) is 0 Å². The molecule has 0 bridgehead atoms. The Balaban J connectivity index is 2.34. The predicted octanol–water partition coefficient (Wildman–Crippen LogP) is 4.30. The number of hydrogen-bond donors (Lipinski definition) is 2. The number of nitrogens with one attached hydrogen (secondary N) is 1. The van der Waals surface area contributed by atoms with E-state index >= 15 is 0 Å². The summed E-state index contributed by atoms with van der Waals surface area (Å²) < 4.78 is 0. The lowest BCUT2D eigenvalue weighted by molar-refractivity contribution is 0.0694. The number of pyridine rings is 1. The summed E-state index contributed by atoms with van der Waals surface area (Å²) in [6, 6.07) is 10.5. The fraction of sp³-hybridized carbons (Fsp3) is 0.200. The van der Waals surface area contributed by atoms with Gasteiger partial charge in [-0.1, -0.05) is 31.5 Å². The molecule has 0 fully saturated rings. The summed E-state index contributed by atoms with van der Waals surface area (Å²) in [6.45, 7) is 3.83. The molecule has 0 amide bonds. The smallest absolute Gasteiger partial charge is 0.337 e. The Bertz CT molecular complexity index is 642. The van der Waals surface area contributed by atoms with Crippen molar-refractivity contribution in [3.8, 4) is 0 Å². The number of carboxylic acid groups (broad SMARTS) is 1. The molecule has 2 aromatic rings.